The highest BCUT2D eigenvalue weighted by Crippen LogP contribution is 2.21. The molecule has 1 amide bonds. The Morgan fingerprint density at radius 3 is 2.60 bits per heavy atom. The third kappa shape index (κ3) is 3.46. The van der Waals surface area contributed by atoms with Crippen molar-refractivity contribution in [1.29, 1.82) is 0 Å². The summed E-state index contributed by atoms with van der Waals surface area (Å²) in [6.45, 7) is 5.76. The van der Waals surface area contributed by atoms with Crippen molar-refractivity contribution in [3.8, 4) is 0 Å². The highest BCUT2D eigenvalue weighted by Gasteiger charge is 2.31. The number of hydrogen-bond donors (Lipinski definition) is 2. The van der Waals surface area contributed by atoms with E-state index in [1.54, 1.807) is 26.8 Å². The first-order valence-electron chi connectivity index (χ1n) is 6.46. The van der Waals surface area contributed by atoms with Crippen molar-refractivity contribution >= 4 is 17.4 Å². The molecule has 0 aliphatic rings. The van der Waals surface area contributed by atoms with E-state index in [2.05, 4.69) is 5.16 Å². The summed E-state index contributed by atoms with van der Waals surface area (Å²) >= 11 is 0. The van der Waals surface area contributed by atoms with Crippen LogP contribution in [0, 0.1) is 17.7 Å². The van der Waals surface area contributed by atoms with Crippen LogP contribution in [0.15, 0.2) is 29.4 Å². The molecule has 1 aromatic rings. The van der Waals surface area contributed by atoms with Crippen LogP contribution in [0.1, 0.15) is 20.8 Å². The lowest BCUT2D eigenvalue weighted by Gasteiger charge is -2.27. The summed E-state index contributed by atoms with van der Waals surface area (Å²) in [6.07, 6.45) is 0. The van der Waals surface area contributed by atoms with Gasteiger partial charge >= 0.3 is 0 Å². The highest BCUT2D eigenvalue weighted by molar-refractivity contribution is 6.09. The molecule has 0 saturated heterocycles. The second kappa shape index (κ2) is 6.88. The predicted octanol–water partition coefficient (Wildman–Crippen LogP) is 2.20. The van der Waals surface area contributed by atoms with Crippen molar-refractivity contribution < 1.29 is 14.4 Å². The van der Waals surface area contributed by atoms with Gasteiger partial charge in [0, 0.05) is 12.2 Å². The van der Waals surface area contributed by atoms with Crippen LogP contribution in [0.2, 0.25) is 0 Å². The maximum atomic E-state index is 13.3. The summed E-state index contributed by atoms with van der Waals surface area (Å²) in [7, 11) is 0. The van der Waals surface area contributed by atoms with Gasteiger partial charge in [0.05, 0.1) is 0 Å². The van der Waals surface area contributed by atoms with E-state index < -0.39 is 11.7 Å². The van der Waals surface area contributed by atoms with Gasteiger partial charge in [-0.25, -0.2) is 4.39 Å². The van der Waals surface area contributed by atoms with Crippen LogP contribution >= 0.6 is 0 Å². The largest absolute Gasteiger partial charge is 0.409 e. The molecule has 0 aliphatic heterocycles. The van der Waals surface area contributed by atoms with E-state index in [9.17, 15) is 9.18 Å². The fraction of sp³-hybridized carbons (Fsp3) is 0.429. The molecule has 1 aromatic carbocycles. The fourth-order valence-electron chi connectivity index (χ4n) is 2.09. The van der Waals surface area contributed by atoms with E-state index in [-0.39, 0.29) is 17.7 Å². The molecule has 3 N–H and O–H groups in total. The summed E-state index contributed by atoms with van der Waals surface area (Å²) in [5.74, 6) is -1.76. The molecule has 1 unspecified atom stereocenters. The number of rotatable bonds is 5. The van der Waals surface area contributed by atoms with Gasteiger partial charge in [-0.15, -0.1) is 0 Å². The Bertz CT molecular complexity index is 503. The van der Waals surface area contributed by atoms with E-state index >= 15 is 0 Å². The van der Waals surface area contributed by atoms with Crippen LogP contribution in [0.5, 0.6) is 0 Å². The number of anilines is 1. The Morgan fingerprint density at radius 2 is 2.15 bits per heavy atom. The molecular formula is C14H20FN3O2. The van der Waals surface area contributed by atoms with Crippen molar-refractivity contribution in [2.75, 3.05) is 11.4 Å². The molecule has 0 saturated carbocycles. The number of benzene rings is 1. The lowest BCUT2D eigenvalue weighted by molar-refractivity contribution is -0.121. The van der Waals surface area contributed by atoms with Gasteiger partial charge in [-0.05, 0) is 31.0 Å². The topological polar surface area (TPSA) is 78.9 Å². The average molecular weight is 281 g/mol. The number of carbonyl (C=O) groups excluding carboxylic acids is 1. The fourth-order valence-corrected chi connectivity index (χ4v) is 2.09. The molecule has 1 rings (SSSR count). The van der Waals surface area contributed by atoms with Crippen LogP contribution < -0.4 is 10.6 Å². The quantitative estimate of drug-likeness (QED) is 0.376. The SMILES string of the molecule is CCN(C(=O)C(C(N)=NO)C(C)C)c1cccc(F)c1. The molecule has 110 valence electrons. The van der Waals surface area contributed by atoms with Gasteiger partial charge in [-0.3, -0.25) is 4.79 Å². The van der Waals surface area contributed by atoms with Crippen molar-refractivity contribution in [3.63, 3.8) is 0 Å². The van der Waals surface area contributed by atoms with Gasteiger partial charge in [0.25, 0.3) is 0 Å². The Labute approximate surface area is 117 Å². The smallest absolute Gasteiger partial charge is 0.238 e. The van der Waals surface area contributed by atoms with E-state index in [4.69, 9.17) is 10.9 Å². The molecule has 0 heterocycles. The number of amides is 1. The van der Waals surface area contributed by atoms with Gasteiger partial charge in [0.1, 0.15) is 11.7 Å². The zero-order valence-electron chi connectivity index (χ0n) is 11.9. The monoisotopic (exact) mass is 281 g/mol. The Balaban J connectivity index is 3.13. The Morgan fingerprint density at radius 1 is 1.50 bits per heavy atom. The van der Waals surface area contributed by atoms with E-state index in [0.29, 0.717) is 12.2 Å². The lowest BCUT2D eigenvalue weighted by Crippen LogP contribution is -2.44. The number of hydrogen-bond acceptors (Lipinski definition) is 3. The van der Waals surface area contributed by atoms with Crippen LogP contribution in [0.3, 0.4) is 0 Å². The first kappa shape index (κ1) is 15.9. The molecule has 5 nitrogen and oxygen atoms in total. The van der Waals surface area contributed by atoms with Crippen LogP contribution in [0.25, 0.3) is 0 Å². The van der Waals surface area contributed by atoms with E-state index in [0.717, 1.165) is 0 Å². The molecule has 0 radical (unpaired) electrons. The lowest BCUT2D eigenvalue weighted by atomic mass is 9.93. The summed E-state index contributed by atoms with van der Waals surface area (Å²) < 4.78 is 13.3. The van der Waals surface area contributed by atoms with Gasteiger partial charge in [0.2, 0.25) is 5.91 Å². The normalized spacial score (nSPS) is 13.3. The molecular weight excluding hydrogens is 261 g/mol. The summed E-state index contributed by atoms with van der Waals surface area (Å²) in [5, 5.41) is 11.7. The maximum Gasteiger partial charge on any atom is 0.238 e. The van der Waals surface area contributed by atoms with Crippen molar-refractivity contribution in [2.45, 2.75) is 20.8 Å². The van der Waals surface area contributed by atoms with Crippen LogP contribution in [0.4, 0.5) is 10.1 Å². The molecule has 0 spiro atoms. The second-order valence-corrected chi connectivity index (χ2v) is 4.81. The van der Waals surface area contributed by atoms with Gasteiger partial charge in [-0.2, -0.15) is 0 Å². The molecule has 0 aromatic heterocycles. The van der Waals surface area contributed by atoms with E-state index in [1.165, 1.54) is 23.1 Å². The molecule has 0 bridgehead atoms. The third-order valence-corrected chi connectivity index (χ3v) is 3.07. The summed E-state index contributed by atoms with van der Waals surface area (Å²) in [6, 6.07) is 5.78. The standard InChI is InChI=1S/C14H20FN3O2/c1-4-18(11-7-5-6-10(15)8-11)14(19)12(9(2)3)13(16)17-20/h5-9,12,20H,4H2,1-3H3,(H2,16,17). The number of oxime groups is 1. The van der Waals surface area contributed by atoms with Gasteiger partial charge < -0.3 is 15.8 Å². The number of halogens is 1. The maximum absolute atomic E-state index is 13.3. The van der Waals surface area contributed by atoms with Crippen molar-refractivity contribution in [2.24, 2.45) is 22.7 Å². The molecule has 1 atom stereocenters. The van der Waals surface area contributed by atoms with Crippen LogP contribution in [-0.4, -0.2) is 23.5 Å². The highest BCUT2D eigenvalue weighted by atomic mass is 19.1. The molecule has 20 heavy (non-hydrogen) atoms. The minimum atomic E-state index is -0.747. The minimum absolute atomic E-state index is 0.138. The molecule has 0 aliphatic carbocycles. The summed E-state index contributed by atoms with van der Waals surface area (Å²) in [4.78, 5) is 14.0. The number of amidine groups is 1. The number of nitrogens with zero attached hydrogens (tertiary/aromatic N) is 2. The zero-order valence-corrected chi connectivity index (χ0v) is 11.9. The van der Waals surface area contributed by atoms with Crippen molar-refractivity contribution in [1.82, 2.24) is 0 Å². The second-order valence-electron chi connectivity index (χ2n) is 4.81. The van der Waals surface area contributed by atoms with E-state index in [1.807, 2.05) is 0 Å². The number of carbonyl (C=O) groups is 1. The Kier molecular flexibility index (Phi) is 5.49. The summed E-state index contributed by atoms with van der Waals surface area (Å²) in [5.41, 5.74) is 6.05. The molecule has 6 heteroatoms. The van der Waals surface area contributed by atoms with Crippen molar-refractivity contribution in [3.05, 3.63) is 30.1 Å². The first-order chi connectivity index (χ1) is 9.42. The van der Waals surface area contributed by atoms with Gasteiger partial charge in [-0.1, -0.05) is 25.1 Å². The third-order valence-electron chi connectivity index (χ3n) is 3.07. The van der Waals surface area contributed by atoms with Crippen LogP contribution in [-0.2, 0) is 4.79 Å². The Hall–Kier alpha value is -2.11. The zero-order chi connectivity index (χ0) is 15.3. The predicted molar refractivity (Wildman–Crippen MR) is 76.2 cm³/mol. The minimum Gasteiger partial charge on any atom is -0.409 e. The average Bonchev–Trinajstić information content (AvgIpc) is 2.39. The first-order valence-corrected chi connectivity index (χ1v) is 6.46. The van der Waals surface area contributed by atoms with Gasteiger partial charge in [0.15, 0.2) is 5.84 Å². The number of nitrogens with two attached hydrogens (primary N) is 1. The molecule has 0 fully saturated rings.